The van der Waals surface area contributed by atoms with Crippen molar-refractivity contribution in [3.63, 3.8) is 0 Å². The number of amides is 1. The van der Waals surface area contributed by atoms with E-state index in [0.717, 1.165) is 64.2 Å². The van der Waals surface area contributed by atoms with E-state index >= 15 is 0 Å². The summed E-state index contributed by atoms with van der Waals surface area (Å²) >= 11 is 0. The molecule has 0 aromatic rings. The van der Waals surface area contributed by atoms with Crippen molar-refractivity contribution >= 4 is 11.9 Å². The van der Waals surface area contributed by atoms with Crippen LogP contribution >= 0.6 is 0 Å². The second kappa shape index (κ2) is 68.3. The Labute approximate surface area is 493 Å². The average molecular weight is 1110 g/mol. The van der Waals surface area contributed by atoms with Gasteiger partial charge in [0.25, 0.3) is 0 Å². The zero-order valence-electron chi connectivity index (χ0n) is 53.1. The Kier molecular flexibility index (Phi) is 66.4. The fourth-order valence-corrected chi connectivity index (χ4v) is 11.0. The van der Waals surface area contributed by atoms with Gasteiger partial charge in [-0.05, 0) is 77.0 Å². The van der Waals surface area contributed by atoms with Crippen LogP contribution in [0.1, 0.15) is 380 Å². The van der Waals surface area contributed by atoms with Crippen LogP contribution in [0.2, 0.25) is 0 Å². The summed E-state index contributed by atoms with van der Waals surface area (Å²) in [6.07, 6.45) is 88.8. The van der Waals surface area contributed by atoms with Crippen LogP contribution in [0.4, 0.5) is 0 Å². The molecule has 1 amide bonds. The molecule has 6 heteroatoms. The third kappa shape index (κ3) is 64.8. The molecule has 0 aliphatic rings. The highest BCUT2D eigenvalue weighted by atomic mass is 16.5. The topological polar surface area (TPSA) is 95.9 Å². The average Bonchev–Trinajstić information content (AvgIpc) is 3.45. The lowest BCUT2D eigenvalue weighted by molar-refractivity contribution is -0.143. The molecule has 2 unspecified atom stereocenters. The normalized spacial score (nSPS) is 12.8. The van der Waals surface area contributed by atoms with Gasteiger partial charge in [0.05, 0.1) is 25.4 Å². The van der Waals surface area contributed by atoms with Gasteiger partial charge in [-0.1, -0.05) is 339 Å². The summed E-state index contributed by atoms with van der Waals surface area (Å²) < 4.78 is 5.42. The second-order valence-electron chi connectivity index (χ2n) is 24.2. The van der Waals surface area contributed by atoms with Crippen LogP contribution in [0.15, 0.2) is 48.6 Å². The summed E-state index contributed by atoms with van der Waals surface area (Å²) in [4.78, 5) is 24.6. The number of hydrogen-bond acceptors (Lipinski definition) is 5. The lowest BCUT2D eigenvalue weighted by Crippen LogP contribution is -2.45. The number of ether oxygens (including phenoxy) is 1. The van der Waals surface area contributed by atoms with Gasteiger partial charge in [-0.15, -0.1) is 0 Å². The van der Waals surface area contributed by atoms with E-state index in [1.165, 1.54) is 283 Å². The largest absolute Gasteiger partial charge is 0.465 e. The molecule has 0 spiro atoms. The number of unbranched alkanes of at least 4 members (excludes halogenated alkanes) is 47. The van der Waals surface area contributed by atoms with Gasteiger partial charge in [0.2, 0.25) is 5.91 Å². The number of allylic oxidation sites excluding steroid dienone is 7. The first-order chi connectivity index (χ1) is 39.0. The van der Waals surface area contributed by atoms with Gasteiger partial charge in [0, 0.05) is 12.8 Å². The van der Waals surface area contributed by atoms with Gasteiger partial charge in [-0.25, -0.2) is 0 Å². The van der Waals surface area contributed by atoms with Gasteiger partial charge < -0.3 is 20.3 Å². The quantitative estimate of drug-likeness (QED) is 0.0320. The van der Waals surface area contributed by atoms with Crippen LogP contribution in [-0.2, 0) is 14.3 Å². The van der Waals surface area contributed by atoms with Gasteiger partial charge in [-0.2, -0.15) is 0 Å². The summed E-state index contributed by atoms with van der Waals surface area (Å²) in [6.45, 7) is 4.85. The van der Waals surface area contributed by atoms with Crippen LogP contribution in [-0.4, -0.2) is 47.4 Å². The van der Waals surface area contributed by atoms with Crippen molar-refractivity contribution in [2.45, 2.75) is 392 Å². The van der Waals surface area contributed by atoms with E-state index in [-0.39, 0.29) is 18.5 Å². The van der Waals surface area contributed by atoms with Crippen LogP contribution in [0.3, 0.4) is 0 Å². The lowest BCUT2D eigenvalue weighted by atomic mass is 10.0. The molecule has 0 saturated carbocycles. The molecule has 79 heavy (non-hydrogen) atoms. The highest BCUT2D eigenvalue weighted by Gasteiger charge is 2.20. The predicted molar refractivity (Wildman–Crippen MR) is 347 cm³/mol. The van der Waals surface area contributed by atoms with Gasteiger partial charge in [0.15, 0.2) is 0 Å². The Morgan fingerprint density at radius 1 is 0.354 bits per heavy atom. The maximum absolute atomic E-state index is 12.6. The third-order valence-corrected chi connectivity index (χ3v) is 16.4. The van der Waals surface area contributed by atoms with Crippen molar-refractivity contribution in [3.8, 4) is 0 Å². The van der Waals surface area contributed by atoms with Crippen molar-refractivity contribution in [1.29, 1.82) is 0 Å². The minimum atomic E-state index is -0.671. The van der Waals surface area contributed by atoms with Gasteiger partial charge in [0.1, 0.15) is 0 Å². The summed E-state index contributed by atoms with van der Waals surface area (Å²) in [7, 11) is 0. The van der Waals surface area contributed by atoms with E-state index < -0.39 is 12.1 Å². The molecule has 3 N–H and O–H groups in total. The molecule has 0 fully saturated rings. The summed E-state index contributed by atoms with van der Waals surface area (Å²) in [5, 5.41) is 23.4. The van der Waals surface area contributed by atoms with Crippen LogP contribution in [0, 0.1) is 0 Å². The number of rotatable bonds is 66. The van der Waals surface area contributed by atoms with E-state index in [4.69, 9.17) is 4.74 Å². The molecule has 464 valence electrons. The minimum Gasteiger partial charge on any atom is -0.465 e. The molecule has 6 nitrogen and oxygen atoms in total. The SMILES string of the molecule is CCCCCC/C=C\C/C=C\CCCCCCCC(=O)OCC/C=C\C/C=C\CCCCCCCCCCCCCCCCC(=O)NC(CO)C(O)CCCCCCCCCCCCCCCCCCCCCCCCCCC. The summed E-state index contributed by atoms with van der Waals surface area (Å²) in [5.41, 5.74) is 0. The Bertz CT molecular complexity index is 1320. The molecule has 0 aromatic heterocycles. The molecule has 0 radical (unpaired) electrons. The van der Waals surface area contributed by atoms with Crippen molar-refractivity contribution in [1.82, 2.24) is 5.32 Å². The molecule has 0 bridgehead atoms. The number of aliphatic hydroxyl groups is 2. The number of carbonyl (C=O) groups excluding carboxylic acids is 2. The summed E-state index contributed by atoms with van der Waals surface area (Å²) in [6, 6.07) is -0.548. The molecule has 0 rings (SSSR count). The number of aliphatic hydroxyl groups excluding tert-OH is 2. The Hall–Kier alpha value is -2.18. The molecule has 0 aliphatic carbocycles. The Balaban J connectivity index is 3.45. The number of hydrogen-bond donors (Lipinski definition) is 3. The fraction of sp³-hybridized carbons (Fsp3) is 0.863. The maximum Gasteiger partial charge on any atom is 0.305 e. The molecule has 0 aromatic carbocycles. The van der Waals surface area contributed by atoms with Crippen molar-refractivity contribution < 1.29 is 24.5 Å². The van der Waals surface area contributed by atoms with E-state index in [2.05, 4.69) is 67.8 Å². The minimum absolute atomic E-state index is 0.0362. The monoisotopic (exact) mass is 1110 g/mol. The number of carbonyl (C=O) groups is 2. The van der Waals surface area contributed by atoms with Gasteiger partial charge in [-0.3, -0.25) is 9.59 Å². The molecular weight excluding hydrogens is 971 g/mol. The molecule has 0 aliphatic heterocycles. The van der Waals surface area contributed by atoms with Crippen molar-refractivity contribution in [3.05, 3.63) is 48.6 Å². The van der Waals surface area contributed by atoms with Gasteiger partial charge >= 0.3 is 5.97 Å². The van der Waals surface area contributed by atoms with Crippen LogP contribution in [0.5, 0.6) is 0 Å². The first-order valence-electron chi connectivity index (χ1n) is 35.4. The number of nitrogens with one attached hydrogen (secondary N) is 1. The fourth-order valence-electron chi connectivity index (χ4n) is 11.0. The van der Waals surface area contributed by atoms with Crippen molar-refractivity contribution in [2.24, 2.45) is 0 Å². The lowest BCUT2D eigenvalue weighted by Gasteiger charge is -2.22. The molecular formula is C73H137NO5. The van der Waals surface area contributed by atoms with Crippen LogP contribution < -0.4 is 5.32 Å². The van der Waals surface area contributed by atoms with E-state index in [9.17, 15) is 19.8 Å². The molecule has 0 saturated heterocycles. The number of esters is 1. The predicted octanol–water partition coefficient (Wildman–Crippen LogP) is 22.9. The Morgan fingerprint density at radius 3 is 0.975 bits per heavy atom. The maximum atomic E-state index is 12.6. The zero-order valence-corrected chi connectivity index (χ0v) is 53.1. The van der Waals surface area contributed by atoms with E-state index in [1.54, 1.807) is 0 Å². The first-order valence-corrected chi connectivity index (χ1v) is 35.4. The second-order valence-corrected chi connectivity index (χ2v) is 24.2. The molecule has 2 atom stereocenters. The highest BCUT2D eigenvalue weighted by molar-refractivity contribution is 5.76. The van der Waals surface area contributed by atoms with Crippen molar-refractivity contribution in [2.75, 3.05) is 13.2 Å². The molecule has 0 heterocycles. The summed E-state index contributed by atoms with van der Waals surface area (Å²) in [5.74, 6) is -0.0844. The van der Waals surface area contributed by atoms with E-state index in [0.29, 0.717) is 25.9 Å². The smallest absolute Gasteiger partial charge is 0.305 e. The zero-order chi connectivity index (χ0) is 57.1. The van der Waals surface area contributed by atoms with Crippen LogP contribution in [0.25, 0.3) is 0 Å². The third-order valence-electron chi connectivity index (χ3n) is 16.4. The van der Waals surface area contributed by atoms with E-state index in [1.807, 2.05) is 0 Å². The Morgan fingerprint density at radius 2 is 0.633 bits per heavy atom. The standard InChI is InChI=1S/C73H137NO5/c1-3-5-7-9-11-13-15-17-19-21-22-23-24-25-26-28-31-34-37-41-45-49-53-57-61-65-71(76)70(69-75)74-72(77)66-62-58-54-50-46-42-38-35-32-29-27-30-33-36-40-44-48-52-56-60-64-68-79-73(78)67-63-59-55-51-47-43-39-20-18-16-14-12-10-8-6-4-2/h14,16,20,39,44,48,56,60,70-71,75-76H,3-13,15,17-19,21-38,40-43,45-47,49-55,57-59,61-69H2,1-2H3,(H,74,77)/b16-14-,39-20-,48-44-,60-56-. The highest BCUT2D eigenvalue weighted by Crippen LogP contribution is 2.19. The first kappa shape index (κ1) is 76.8.